The van der Waals surface area contributed by atoms with E-state index in [0.29, 0.717) is 5.76 Å². The summed E-state index contributed by atoms with van der Waals surface area (Å²) >= 11 is 4.62. The fourth-order valence-corrected chi connectivity index (χ4v) is 5.38. The lowest BCUT2D eigenvalue weighted by atomic mass is 9.83. The zero-order valence-electron chi connectivity index (χ0n) is 23.2. The van der Waals surface area contributed by atoms with E-state index < -0.39 is 72.8 Å². The number of hydrogen-bond donors (Lipinski definition) is 1. The highest BCUT2D eigenvalue weighted by atomic mass is 32.1. The SMILES string of the molecule is CC(=O)OC[C@@H]1O[C@@H](N2C(C)=C(C(C)=O)[C@H](c3ccco3)C(C#N)=C2S)[C@H](OC(C)=O)[C@H](OC(C)=O)[C@@H]1OC(C)=O. The largest absolute Gasteiger partial charge is 0.468 e. The summed E-state index contributed by atoms with van der Waals surface area (Å²) in [6.45, 7) is 6.93. The van der Waals surface area contributed by atoms with Crippen LogP contribution in [0.15, 0.2) is 44.7 Å². The van der Waals surface area contributed by atoms with Crippen molar-refractivity contribution in [3.05, 3.63) is 46.0 Å². The van der Waals surface area contributed by atoms with Gasteiger partial charge in [-0.05, 0) is 26.0 Å². The number of ketones is 1. The third-order valence-electron chi connectivity index (χ3n) is 6.35. The molecule has 0 bridgehead atoms. The number of allylic oxidation sites excluding steroid dienone is 3. The second kappa shape index (κ2) is 13.0. The van der Waals surface area contributed by atoms with E-state index in [4.69, 9.17) is 28.1 Å². The number of nitriles is 1. The standard InChI is InChI=1S/C27H30N2O11S/c1-12-21(13(2)30)22(19-8-7-9-35-19)18(10-28)27(41)29(12)26-25(39-17(6)34)24(38-16(5)33)23(37-15(4)32)20(40-26)11-36-14(3)31/h7-9,20,22-26,41H,11H2,1-6H3/t20-,22-,23+,24+,25+,26+/m0/s1. The minimum Gasteiger partial charge on any atom is -0.468 e. The van der Waals surface area contributed by atoms with Crippen LogP contribution in [0, 0.1) is 11.3 Å². The number of hydrogen-bond acceptors (Lipinski definition) is 14. The van der Waals surface area contributed by atoms with Crippen LogP contribution in [0.1, 0.15) is 53.2 Å². The van der Waals surface area contributed by atoms with E-state index >= 15 is 0 Å². The van der Waals surface area contributed by atoms with Crippen molar-refractivity contribution in [1.29, 1.82) is 5.26 Å². The summed E-state index contributed by atoms with van der Waals surface area (Å²) in [4.78, 5) is 62.5. The Bertz CT molecular complexity index is 1330. The first-order valence-corrected chi connectivity index (χ1v) is 12.9. The molecule has 0 amide bonds. The highest BCUT2D eigenvalue weighted by Gasteiger charge is 2.55. The maximum atomic E-state index is 13.0. The quantitative estimate of drug-likeness (QED) is 0.266. The summed E-state index contributed by atoms with van der Waals surface area (Å²) < 4.78 is 33.4. The van der Waals surface area contributed by atoms with Gasteiger partial charge in [0.1, 0.15) is 18.5 Å². The molecule has 220 valence electrons. The molecule has 2 aliphatic rings. The third kappa shape index (κ3) is 6.80. The first-order valence-electron chi connectivity index (χ1n) is 12.5. The van der Waals surface area contributed by atoms with Crippen LogP contribution in [0.2, 0.25) is 0 Å². The van der Waals surface area contributed by atoms with Gasteiger partial charge in [0, 0.05) is 39.0 Å². The number of esters is 4. The predicted octanol–water partition coefficient (Wildman–Crippen LogP) is 2.29. The van der Waals surface area contributed by atoms with Gasteiger partial charge in [0.2, 0.25) is 0 Å². The van der Waals surface area contributed by atoms with Gasteiger partial charge in [0.05, 0.1) is 28.9 Å². The van der Waals surface area contributed by atoms with Gasteiger partial charge in [0.25, 0.3) is 0 Å². The fourth-order valence-electron chi connectivity index (χ4n) is 4.94. The number of rotatable bonds is 8. The van der Waals surface area contributed by atoms with Crippen molar-refractivity contribution >= 4 is 42.3 Å². The first-order chi connectivity index (χ1) is 19.3. The minimum atomic E-state index is -1.47. The zero-order valence-corrected chi connectivity index (χ0v) is 24.1. The lowest BCUT2D eigenvalue weighted by Gasteiger charge is -2.49. The third-order valence-corrected chi connectivity index (χ3v) is 6.80. The fraction of sp³-hybridized carbons (Fsp3) is 0.481. The van der Waals surface area contributed by atoms with Crippen LogP contribution in [0.4, 0.5) is 0 Å². The van der Waals surface area contributed by atoms with E-state index in [1.165, 1.54) is 18.1 Å². The molecule has 0 aliphatic carbocycles. The molecule has 3 rings (SSSR count). The molecule has 6 atom stereocenters. The maximum absolute atomic E-state index is 13.0. The number of furan rings is 1. The average molecular weight is 591 g/mol. The van der Waals surface area contributed by atoms with Gasteiger partial charge in [0.15, 0.2) is 30.3 Å². The Morgan fingerprint density at radius 1 is 0.951 bits per heavy atom. The van der Waals surface area contributed by atoms with Gasteiger partial charge < -0.3 is 33.0 Å². The van der Waals surface area contributed by atoms with Crippen LogP contribution >= 0.6 is 12.6 Å². The minimum absolute atomic E-state index is 0.0203. The molecule has 3 heterocycles. The molecular formula is C27H30N2O11S. The Balaban J connectivity index is 2.27. The highest BCUT2D eigenvalue weighted by molar-refractivity contribution is 7.84. The van der Waals surface area contributed by atoms with Crippen molar-refractivity contribution in [2.75, 3.05) is 6.61 Å². The van der Waals surface area contributed by atoms with Crippen LogP contribution in [-0.2, 0) is 47.7 Å². The van der Waals surface area contributed by atoms with Crippen LogP contribution in [-0.4, -0.2) is 71.8 Å². The van der Waals surface area contributed by atoms with Crippen LogP contribution in [0.25, 0.3) is 0 Å². The molecule has 1 aromatic rings. The summed E-state index contributed by atoms with van der Waals surface area (Å²) in [7, 11) is 0. The molecule has 13 nitrogen and oxygen atoms in total. The molecule has 0 unspecified atom stereocenters. The second-order valence-electron chi connectivity index (χ2n) is 9.31. The molecule has 1 aromatic heterocycles. The molecule has 0 N–H and O–H groups in total. The van der Waals surface area contributed by atoms with Crippen molar-refractivity contribution in [3.8, 4) is 6.07 Å². The smallest absolute Gasteiger partial charge is 0.303 e. The Kier molecular flexibility index (Phi) is 10.0. The molecule has 0 radical (unpaired) electrons. The number of ether oxygens (including phenoxy) is 5. The van der Waals surface area contributed by atoms with Gasteiger partial charge in [-0.1, -0.05) is 0 Å². The van der Waals surface area contributed by atoms with Gasteiger partial charge in [-0.25, -0.2) is 0 Å². The molecule has 2 aliphatic heterocycles. The Labute approximate surface area is 241 Å². The molecule has 1 fully saturated rings. The van der Waals surface area contributed by atoms with E-state index in [2.05, 4.69) is 18.7 Å². The summed E-state index contributed by atoms with van der Waals surface area (Å²) in [5.41, 5.74) is 0.456. The van der Waals surface area contributed by atoms with Gasteiger partial charge >= 0.3 is 23.9 Å². The normalized spacial score (nSPS) is 26.1. The lowest BCUT2D eigenvalue weighted by Crippen LogP contribution is -2.66. The van der Waals surface area contributed by atoms with Crippen molar-refractivity contribution in [2.45, 2.75) is 78.1 Å². The van der Waals surface area contributed by atoms with Crippen molar-refractivity contribution in [3.63, 3.8) is 0 Å². The van der Waals surface area contributed by atoms with E-state index in [9.17, 15) is 29.2 Å². The number of Topliss-reactive ketones (excluding diaryl/α,β-unsaturated/α-hetero) is 1. The van der Waals surface area contributed by atoms with Crippen molar-refractivity contribution in [2.24, 2.45) is 0 Å². The predicted molar refractivity (Wildman–Crippen MR) is 140 cm³/mol. The summed E-state index contributed by atoms with van der Waals surface area (Å²) in [5, 5.41) is 10.2. The highest BCUT2D eigenvalue weighted by Crippen LogP contribution is 2.46. The number of carbonyl (C=O) groups excluding carboxylic acids is 5. The number of nitrogens with zero attached hydrogens (tertiary/aromatic N) is 2. The topological polar surface area (TPSA) is 172 Å². The van der Waals surface area contributed by atoms with E-state index in [0.717, 1.165) is 27.7 Å². The van der Waals surface area contributed by atoms with Crippen molar-refractivity contribution in [1.82, 2.24) is 4.90 Å². The Hall–Kier alpha value is -4.09. The molecule has 0 saturated carbocycles. The van der Waals surface area contributed by atoms with E-state index in [1.807, 2.05) is 0 Å². The molecule has 1 saturated heterocycles. The lowest BCUT2D eigenvalue weighted by molar-refractivity contribution is -0.271. The summed E-state index contributed by atoms with van der Waals surface area (Å²) in [6.07, 6.45) is -5.55. The van der Waals surface area contributed by atoms with Crippen LogP contribution in [0.3, 0.4) is 0 Å². The zero-order chi connectivity index (χ0) is 30.6. The van der Waals surface area contributed by atoms with Crippen molar-refractivity contribution < 1.29 is 52.1 Å². The van der Waals surface area contributed by atoms with Gasteiger partial charge in [-0.3, -0.25) is 24.0 Å². The van der Waals surface area contributed by atoms with Crippen LogP contribution < -0.4 is 0 Å². The average Bonchev–Trinajstić information content (AvgIpc) is 3.39. The first kappa shape index (κ1) is 31.4. The maximum Gasteiger partial charge on any atom is 0.303 e. The van der Waals surface area contributed by atoms with Crippen LogP contribution in [0.5, 0.6) is 0 Å². The number of thiol groups is 1. The van der Waals surface area contributed by atoms with E-state index in [1.54, 1.807) is 19.1 Å². The molecule has 41 heavy (non-hydrogen) atoms. The summed E-state index contributed by atoms with van der Waals surface area (Å²) in [6, 6.07) is 5.31. The molecule has 0 aromatic carbocycles. The van der Waals surface area contributed by atoms with Gasteiger partial charge in [-0.2, -0.15) is 5.26 Å². The molecule has 0 spiro atoms. The molecular weight excluding hydrogens is 560 g/mol. The summed E-state index contributed by atoms with van der Waals surface area (Å²) in [5.74, 6) is -4.03. The Morgan fingerprint density at radius 3 is 2.02 bits per heavy atom. The molecule has 14 heteroatoms. The monoisotopic (exact) mass is 590 g/mol. The van der Waals surface area contributed by atoms with Gasteiger partial charge in [-0.15, -0.1) is 12.6 Å². The number of carbonyl (C=O) groups is 5. The second-order valence-corrected chi connectivity index (χ2v) is 9.74. The Morgan fingerprint density at radius 2 is 1.54 bits per heavy atom. The van der Waals surface area contributed by atoms with E-state index in [-0.39, 0.29) is 21.9 Å².